The molecule has 0 aliphatic heterocycles. The van der Waals surface area contributed by atoms with Crippen LogP contribution in [0.2, 0.25) is 5.02 Å². The van der Waals surface area contributed by atoms with E-state index in [0.717, 1.165) is 23.4 Å². The van der Waals surface area contributed by atoms with Gasteiger partial charge in [-0.15, -0.1) is 0 Å². The van der Waals surface area contributed by atoms with Crippen molar-refractivity contribution in [1.82, 2.24) is 53.2 Å². The molecule has 0 bridgehead atoms. The second kappa shape index (κ2) is 96.6. The number of aryl methyl sites for hydroxylation is 1. The predicted molar refractivity (Wildman–Crippen MR) is 519 cm³/mol. The van der Waals surface area contributed by atoms with Gasteiger partial charge < -0.3 is 74.1 Å². The average molecular weight is 1700 g/mol. The van der Waals surface area contributed by atoms with Crippen LogP contribution in [0.3, 0.4) is 0 Å². The summed E-state index contributed by atoms with van der Waals surface area (Å²) in [7, 11) is 0. The van der Waals surface area contributed by atoms with Crippen LogP contribution < -0.4 is 64.2 Å². The lowest BCUT2D eigenvalue weighted by molar-refractivity contribution is -0.122. The minimum absolute atomic E-state index is 0. The van der Waals surface area contributed by atoms with Crippen LogP contribution in [0.5, 0.6) is 5.75 Å². The van der Waals surface area contributed by atoms with Gasteiger partial charge in [-0.25, -0.2) is 9.59 Å². The van der Waals surface area contributed by atoms with E-state index in [1.165, 1.54) is 44.9 Å². The lowest BCUT2D eigenvalue weighted by Crippen LogP contribution is -2.39. The van der Waals surface area contributed by atoms with Crippen LogP contribution in [-0.4, -0.2) is 132 Å². The summed E-state index contributed by atoms with van der Waals surface area (Å²) in [6.45, 7) is 59.4. The Balaban J connectivity index is -0.0000000582. The number of nitrogens with one attached hydrogen (secondary N) is 11. The van der Waals surface area contributed by atoms with Gasteiger partial charge in [0.25, 0.3) is 5.91 Å². The second-order valence-electron chi connectivity index (χ2n) is 27.4. The number of amides is 11. The number of nitrogens with two attached hydrogens (primary N) is 1. The zero-order valence-corrected chi connectivity index (χ0v) is 71.3. The number of urea groups is 1. The molecule has 14 N–H and O–H groups in total. The van der Waals surface area contributed by atoms with Crippen LogP contribution in [0.15, 0.2) is 110 Å². The van der Waals surface area contributed by atoms with Gasteiger partial charge in [-0.05, 0) is 234 Å². The number of aromatic hydroxyl groups is 1. The molecule has 0 radical (unpaired) electrons. The highest BCUT2D eigenvalue weighted by atomic mass is 35.5. The van der Waals surface area contributed by atoms with E-state index in [4.69, 9.17) is 22.4 Å². The minimum atomic E-state index is -0.340. The first kappa shape index (κ1) is 153. The fraction of sp³-hybridized carbons (Fsp3) is 0.613. The summed E-state index contributed by atoms with van der Waals surface area (Å²) in [4.78, 5) is 106. The Labute approximate surface area is 730 Å². The molecule has 0 saturated carbocycles. The summed E-state index contributed by atoms with van der Waals surface area (Å²) in [6.07, 6.45) is 3.70. The first-order valence-electron chi connectivity index (χ1n) is 36.9. The summed E-state index contributed by atoms with van der Waals surface area (Å²) in [5.41, 5.74) is 11.5. The van der Waals surface area contributed by atoms with E-state index in [9.17, 15) is 47.9 Å². The van der Waals surface area contributed by atoms with E-state index in [2.05, 4.69) is 110 Å². The number of ether oxygens (including phenoxy) is 1. The molecule has 4 rings (SSSR count). The summed E-state index contributed by atoms with van der Waals surface area (Å²) in [6, 6.07) is 31.8. The van der Waals surface area contributed by atoms with Crippen molar-refractivity contribution in [2.24, 2.45) is 0 Å². The molecular weight excluding hydrogens is 1510 g/mol. The molecule has 0 spiro atoms. The predicted octanol–water partition coefficient (Wildman–Crippen LogP) is 21.9. The zero-order valence-electron chi connectivity index (χ0n) is 70.5. The number of hydrogen-bond acceptors (Lipinski definition) is 13. The van der Waals surface area contributed by atoms with Crippen LogP contribution in [0.1, 0.15) is 341 Å². The van der Waals surface area contributed by atoms with Gasteiger partial charge in [0.15, 0.2) is 0 Å². The molecule has 0 fully saturated rings. The van der Waals surface area contributed by atoms with Gasteiger partial charge in [0.2, 0.25) is 41.4 Å². The maximum atomic E-state index is 11.5. The SMILES string of the molecule is C.C.C.C.C.C.C.C.C.C.C.C=CC(=O)NC(C)C.CC(=O)NC(C)C.CC(=O)NC(C)C.CC(=O)NC(C)C.CC(=O)Nc1cccc(C(C)C)c1.CC(C)NC(=O)CCc1ccc(O)cc1.CC(C)NC(=O)c1ccccc1Cl.CC(C)c1cccc(N)c1.CCCC(=O)NC(C)C.CCNC(=O)NC(C)C.CCOC(=O)NC(C)C. The summed E-state index contributed by atoms with van der Waals surface area (Å²) >= 11 is 5.84. The van der Waals surface area contributed by atoms with Crippen LogP contribution in [0, 0.1) is 0 Å². The number of alkyl carbamates (subject to hydrolysis) is 1. The largest absolute Gasteiger partial charge is 0.508 e. The molecule has 118 heavy (non-hydrogen) atoms. The Kier molecular flexibility index (Phi) is 126. The smallest absolute Gasteiger partial charge is 0.407 e. The number of carbonyl (C=O) groups is 10. The Bertz CT molecular complexity index is 2940. The van der Waals surface area contributed by atoms with Crippen molar-refractivity contribution < 1.29 is 57.8 Å². The molecule has 0 unspecified atom stereocenters. The van der Waals surface area contributed by atoms with Gasteiger partial charge in [0.1, 0.15) is 5.75 Å². The lowest BCUT2D eigenvalue weighted by atomic mass is 10.0. The van der Waals surface area contributed by atoms with Crippen molar-refractivity contribution in [2.45, 2.75) is 374 Å². The van der Waals surface area contributed by atoms with Crippen molar-refractivity contribution >= 4 is 82.4 Å². The van der Waals surface area contributed by atoms with Gasteiger partial charge in [0, 0.05) is 113 Å². The maximum Gasteiger partial charge on any atom is 0.407 e. The number of anilines is 2. The monoisotopic (exact) mass is 1700 g/mol. The van der Waals surface area contributed by atoms with E-state index in [1.54, 1.807) is 43.3 Å². The number of phenolic OH excluding ortho intramolecular Hbond substituents is 1. The van der Waals surface area contributed by atoms with Crippen molar-refractivity contribution in [1.29, 1.82) is 0 Å². The van der Waals surface area contributed by atoms with E-state index in [0.29, 0.717) is 54.8 Å². The maximum absolute atomic E-state index is 11.5. The number of hydrogen-bond donors (Lipinski definition) is 13. The molecule has 11 amide bonds. The van der Waals surface area contributed by atoms with E-state index in [-0.39, 0.29) is 201 Å². The van der Waals surface area contributed by atoms with Crippen LogP contribution in [0.4, 0.5) is 21.0 Å². The Hall–Kier alpha value is -9.19. The highest BCUT2D eigenvalue weighted by molar-refractivity contribution is 6.33. The molecule has 0 saturated heterocycles. The Morgan fingerprint density at radius 3 is 1.08 bits per heavy atom. The molecule has 0 aliphatic carbocycles. The van der Waals surface area contributed by atoms with Crippen LogP contribution in [0.25, 0.3) is 0 Å². The Morgan fingerprint density at radius 1 is 0.432 bits per heavy atom. The fourth-order valence-electron chi connectivity index (χ4n) is 7.46. The summed E-state index contributed by atoms with van der Waals surface area (Å²) in [5, 5.41) is 39.3. The van der Waals surface area contributed by atoms with Crippen molar-refractivity contribution in [3.05, 3.63) is 137 Å². The van der Waals surface area contributed by atoms with Crippen molar-refractivity contribution in [2.75, 3.05) is 24.2 Å². The number of phenols is 1. The van der Waals surface area contributed by atoms with E-state index in [1.807, 2.05) is 187 Å². The number of nitrogen functional groups attached to an aromatic ring is 1. The standard InChI is InChI=1S/C12H17NO2.C11H15NO.C10H12ClNO.C9H13N.C7H15NO.C6H14N2O.C6H13NO2.C6H11NO.3C5H11NO.11CH4/c1-9(2)13-12(15)8-5-10-3-6-11(14)7-4-10;1-8(2)10-5-4-6-11(7-10)12-9(3)13;1-7(2)12-10(13)8-5-3-4-6-9(8)11;1-7(2)8-4-3-5-9(10)6-8;1-4-5-7(9)8-6(2)3;1-4-7-6(9)8-5(2)3;1-4-9-6(8)7-5(2)3;1-4-6(8)7-5(2)3;3*1-4(2)6-5(3)7;;;;;;;;;;;/h3-4,6-7,9,14H,5,8H2,1-2H3,(H,13,15);4-8H,1-3H3,(H,12,13);3-7H,1-2H3,(H,12,13);3-7H,10H2,1-2H3;6H,4-5H2,1-3H3,(H,8,9);5H,4H2,1-3H3,(H2,7,8,9);5H,4H2,1-3H3,(H,7,8);4-5H,1H2,2-3H3,(H,7,8);3*4H,1-3H3,(H,6,7);11*1H4. The van der Waals surface area contributed by atoms with Crippen LogP contribution >= 0.6 is 11.6 Å². The number of carbonyl (C=O) groups excluding carboxylic acids is 10. The first-order chi connectivity index (χ1) is 49.5. The average Bonchev–Trinajstić information content (AvgIpc) is 0.863. The fourth-order valence-corrected chi connectivity index (χ4v) is 7.68. The Morgan fingerprint density at radius 2 is 0.797 bits per heavy atom. The van der Waals surface area contributed by atoms with Crippen molar-refractivity contribution in [3.63, 3.8) is 0 Å². The molecule has 0 heterocycles. The first-order valence-corrected chi connectivity index (χ1v) is 37.3. The molecular formula is C93H187ClN12O12. The van der Waals surface area contributed by atoms with E-state index >= 15 is 0 Å². The van der Waals surface area contributed by atoms with E-state index < -0.39 is 0 Å². The van der Waals surface area contributed by atoms with Crippen LogP contribution in [-0.2, 0) is 44.7 Å². The molecule has 0 atom stereocenters. The van der Waals surface area contributed by atoms with Gasteiger partial charge in [-0.3, -0.25) is 38.4 Å². The minimum Gasteiger partial charge on any atom is -0.508 e. The molecule has 698 valence electrons. The summed E-state index contributed by atoms with van der Waals surface area (Å²) < 4.78 is 4.60. The van der Waals surface area contributed by atoms with Gasteiger partial charge in [-0.1, -0.05) is 183 Å². The molecule has 4 aromatic carbocycles. The third-order valence-corrected chi connectivity index (χ3v) is 11.8. The molecule has 0 aliphatic rings. The number of rotatable bonds is 21. The highest BCUT2D eigenvalue weighted by Gasteiger charge is 2.10. The molecule has 4 aromatic rings. The highest BCUT2D eigenvalue weighted by Crippen LogP contribution is 2.19. The molecule has 24 nitrogen and oxygen atoms in total. The van der Waals surface area contributed by atoms with Gasteiger partial charge in [0.05, 0.1) is 17.2 Å². The third-order valence-electron chi connectivity index (χ3n) is 11.5. The molecule has 25 heteroatoms. The van der Waals surface area contributed by atoms with Gasteiger partial charge >= 0.3 is 12.1 Å². The summed E-state index contributed by atoms with van der Waals surface area (Å²) in [5.74, 6) is 1.40. The van der Waals surface area contributed by atoms with Gasteiger partial charge in [-0.2, -0.15) is 0 Å². The number of halogens is 1. The lowest BCUT2D eigenvalue weighted by Gasteiger charge is -2.08. The quantitative estimate of drug-likeness (QED) is 0.0273. The molecule has 0 aromatic heterocycles. The topological polar surface area (TPSA) is 359 Å². The second-order valence-corrected chi connectivity index (χ2v) is 27.8. The normalized spacial score (nSPS) is 8.82. The third kappa shape index (κ3) is 120. The van der Waals surface area contributed by atoms with Crippen molar-refractivity contribution in [3.8, 4) is 5.75 Å². The zero-order chi connectivity index (χ0) is 84.5. The number of benzene rings is 4.